The standard InChI is InChI=1S/C14H16F2O2S/c15-12-3-1-2-9(13(12)16)6-14(17)7-10-4-5-11(8-14)19(10)18/h1-3,10-11,17H,4-8H2. The van der Waals surface area contributed by atoms with E-state index in [1.807, 2.05) is 0 Å². The van der Waals surface area contributed by atoms with E-state index in [2.05, 4.69) is 0 Å². The zero-order valence-electron chi connectivity index (χ0n) is 10.4. The van der Waals surface area contributed by atoms with E-state index in [1.165, 1.54) is 12.1 Å². The van der Waals surface area contributed by atoms with Crippen molar-refractivity contribution in [1.82, 2.24) is 0 Å². The predicted octanol–water partition coefficient (Wildman–Crippen LogP) is 2.31. The minimum Gasteiger partial charge on any atom is -0.389 e. The van der Waals surface area contributed by atoms with E-state index >= 15 is 0 Å². The van der Waals surface area contributed by atoms with Crippen molar-refractivity contribution in [3.63, 3.8) is 0 Å². The molecule has 0 amide bonds. The van der Waals surface area contributed by atoms with Gasteiger partial charge in [0.25, 0.3) is 0 Å². The highest BCUT2D eigenvalue weighted by Crippen LogP contribution is 2.42. The van der Waals surface area contributed by atoms with Crippen LogP contribution in [0, 0.1) is 11.6 Å². The first-order valence-electron chi connectivity index (χ1n) is 6.53. The van der Waals surface area contributed by atoms with Crippen LogP contribution in [0.15, 0.2) is 18.2 Å². The van der Waals surface area contributed by atoms with Crippen LogP contribution in [-0.4, -0.2) is 25.4 Å². The molecule has 1 aromatic rings. The Bertz CT molecular complexity index is 516. The van der Waals surface area contributed by atoms with E-state index in [0.717, 1.165) is 18.9 Å². The Kier molecular flexibility index (Phi) is 3.21. The molecular weight excluding hydrogens is 270 g/mol. The minimum atomic E-state index is -1.05. The van der Waals surface area contributed by atoms with Gasteiger partial charge in [-0.15, -0.1) is 0 Å². The third-order valence-electron chi connectivity index (χ3n) is 4.23. The molecule has 3 rings (SSSR count). The van der Waals surface area contributed by atoms with E-state index in [0.29, 0.717) is 12.8 Å². The molecule has 2 bridgehead atoms. The lowest BCUT2D eigenvalue weighted by Gasteiger charge is -2.36. The second-order valence-corrected chi connectivity index (χ2v) is 7.66. The number of hydrogen-bond acceptors (Lipinski definition) is 2. The first-order valence-corrected chi connectivity index (χ1v) is 7.81. The molecule has 0 aromatic heterocycles. The quantitative estimate of drug-likeness (QED) is 0.906. The van der Waals surface area contributed by atoms with Crippen LogP contribution in [0.1, 0.15) is 31.2 Å². The van der Waals surface area contributed by atoms with Crippen molar-refractivity contribution in [3.8, 4) is 0 Å². The lowest BCUT2D eigenvalue weighted by atomic mass is 9.86. The molecule has 0 spiro atoms. The van der Waals surface area contributed by atoms with Crippen LogP contribution in [0.4, 0.5) is 8.78 Å². The van der Waals surface area contributed by atoms with Crippen LogP contribution in [0.25, 0.3) is 0 Å². The molecule has 104 valence electrons. The molecule has 0 aliphatic carbocycles. The number of hydrogen-bond donors (Lipinski definition) is 1. The Balaban J connectivity index is 1.83. The van der Waals surface area contributed by atoms with Crippen LogP contribution < -0.4 is 0 Å². The van der Waals surface area contributed by atoms with Crippen molar-refractivity contribution in [2.24, 2.45) is 0 Å². The Morgan fingerprint density at radius 3 is 2.53 bits per heavy atom. The number of benzene rings is 1. The summed E-state index contributed by atoms with van der Waals surface area (Å²) >= 11 is 0. The molecule has 2 unspecified atom stereocenters. The molecule has 2 saturated heterocycles. The summed E-state index contributed by atoms with van der Waals surface area (Å²) in [5.41, 5.74) is -0.844. The highest BCUT2D eigenvalue weighted by molar-refractivity contribution is 7.86. The average molecular weight is 286 g/mol. The molecule has 0 radical (unpaired) electrons. The predicted molar refractivity (Wildman–Crippen MR) is 69.2 cm³/mol. The molecule has 2 heterocycles. The van der Waals surface area contributed by atoms with E-state index < -0.39 is 28.0 Å². The number of rotatable bonds is 2. The summed E-state index contributed by atoms with van der Waals surface area (Å²) in [6.45, 7) is 0. The van der Waals surface area contributed by atoms with Crippen LogP contribution >= 0.6 is 0 Å². The van der Waals surface area contributed by atoms with Crippen LogP contribution in [0.2, 0.25) is 0 Å². The lowest BCUT2D eigenvalue weighted by Crippen LogP contribution is -2.44. The van der Waals surface area contributed by atoms with Gasteiger partial charge in [0, 0.05) is 27.7 Å². The van der Waals surface area contributed by atoms with E-state index in [1.54, 1.807) is 0 Å². The van der Waals surface area contributed by atoms with E-state index in [9.17, 15) is 18.1 Å². The molecule has 2 fully saturated rings. The minimum absolute atomic E-state index is 0.0142. The van der Waals surface area contributed by atoms with Gasteiger partial charge in [-0.1, -0.05) is 12.1 Å². The second-order valence-electron chi connectivity index (χ2n) is 5.67. The van der Waals surface area contributed by atoms with E-state index in [4.69, 9.17) is 0 Å². The normalized spacial score (nSPS) is 37.5. The molecule has 2 aliphatic heterocycles. The van der Waals surface area contributed by atoms with Crippen LogP contribution in [0.5, 0.6) is 0 Å². The molecule has 2 nitrogen and oxygen atoms in total. The molecule has 19 heavy (non-hydrogen) atoms. The molecule has 0 saturated carbocycles. The van der Waals surface area contributed by atoms with Gasteiger partial charge < -0.3 is 5.11 Å². The second kappa shape index (κ2) is 4.63. The van der Waals surface area contributed by atoms with Crippen LogP contribution in [0.3, 0.4) is 0 Å². The van der Waals surface area contributed by atoms with Gasteiger partial charge in [-0.25, -0.2) is 8.78 Å². The first kappa shape index (κ1) is 13.2. The molecule has 2 atom stereocenters. The van der Waals surface area contributed by atoms with Gasteiger partial charge in [0.05, 0.1) is 5.60 Å². The maximum absolute atomic E-state index is 13.7. The summed E-state index contributed by atoms with van der Waals surface area (Å²) in [5, 5.41) is 10.6. The molecule has 5 heteroatoms. The fraction of sp³-hybridized carbons (Fsp3) is 0.571. The number of aliphatic hydroxyl groups is 1. The lowest BCUT2D eigenvalue weighted by molar-refractivity contribution is 0.0222. The highest BCUT2D eigenvalue weighted by atomic mass is 32.2. The summed E-state index contributed by atoms with van der Waals surface area (Å²) in [5.74, 6) is -1.77. The smallest absolute Gasteiger partial charge is 0.162 e. The molecular formula is C14H16F2O2S. The average Bonchev–Trinajstić information content (AvgIpc) is 2.60. The zero-order valence-corrected chi connectivity index (χ0v) is 11.3. The van der Waals surface area contributed by atoms with Gasteiger partial charge in [-0.2, -0.15) is 0 Å². The zero-order chi connectivity index (χ0) is 13.6. The van der Waals surface area contributed by atoms with Crippen molar-refractivity contribution in [2.75, 3.05) is 0 Å². The van der Waals surface area contributed by atoms with Gasteiger partial charge >= 0.3 is 0 Å². The Hall–Kier alpha value is -0.810. The monoisotopic (exact) mass is 286 g/mol. The number of fused-ring (bicyclic) bond motifs is 2. The Labute approximate surface area is 113 Å². The number of halogens is 2. The molecule has 1 N–H and O–H groups in total. The third kappa shape index (κ3) is 2.34. The Morgan fingerprint density at radius 1 is 1.26 bits per heavy atom. The molecule has 2 aliphatic rings. The maximum atomic E-state index is 13.7. The first-order chi connectivity index (χ1) is 8.98. The summed E-state index contributed by atoms with van der Waals surface area (Å²) in [6.07, 6.45) is 2.68. The van der Waals surface area contributed by atoms with Crippen molar-refractivity contribution in [2.45, 2.75) is 48.2 Å². The van der Waals surface area contributed by atoms with Crippen LogP contribution in [-0.2, 0) is 17.2 Å². The van der Waals surface area contributed by atoms with Gasteiger partial charge in [0.15, 0.2) is 11.6 Å². The summed E-state index contributed by atoms with van der Waals surface area (Å²) in [6, 6.07) is 4.03. The van der Waals surface area contributed by atoms with Crippen molar-refractivity contribution in [1.29, 1.82) is 0 Å². The van der Waals surface area contributed by atoms with Gasteiger partial charge in [-0.05, 0) is 37.3 Å². The fourth-order valence-corrected chi connectivity index (χ4v) is 5.59. The van der Waals surface area contributed by atoms with Crippen molar-refractivity contribution >= 4 is 10.8 Å². The van der Waals surface area contributed by atoms with Gasteiger partial charge in [-0.3, -0.25) is 4.21 Å². The summed E-state index contributed by atoms with van der Waals surface area (Å²) in [7, 11) is -0.861. The SMILES string of the molecule is O=S1C2CCC1CC(O)(Cc1cccc(F)c1F)C2. The molecule has 1 aromatic carbocycles. The third-order valence-corrected chi connectivity index (χ3v) is 6.35. The largest absolute Gasteiger partial charge is 0.389 e. The Morgan fingerprint density at radius 2 is 1.89 bits per heavy atom. The van der Waals surface area contributed by atoms with Gasteiger partial charge in [0.1, 0.15) is 0 Å². The topological polar surface area (TPSA) is 37.3 Å². The van der Waals surface area contributed by atoms with Crippen molar-refractivity contribution in [3.05, 3.63) is 35.4 Å². The highest BCUT2D eigenvalue weighted by Gasteiger charge is 2.47. The van der Waals surface area contributed by atoms with Crippen molar-refractivity contribution < 1.29 is 18.1 Å². The summed E-state index contributed by atoms with van der Waals surface area (Å²) in [4.78, 5) is 0. The summed E-state index contributed by atoms with van der Waals surface area (Å²) < 4.78 is 38.8. The van der Waals surface area contributed by atoms with Gasteiger partial charge in [0.2, 0.25) is 0 Å². The maximum Gasteiger partial charge on any atom is 0.162 e. The van der Waals surface area contributed by atoms with E-state index in [-0.39, 0.29) is 22.5 Å². The fourth-order valence-electron chi connectivity index (χ4n) is 3.36.